The highest BCUT2D eigenvalue weighted by molar-refractivity contribution is 6.30. The Labute approximate surface area is 131 Å². The molecule has 1 aliphatic rings. The van der Waals surface area contributed by atoms with Crippen LogP contribution in [0.15, 0.2) is 15.8 Å². The summed E-state index contributed by atoms with van der Waals surface area (Å²) in [6.07, 6.45) is 3.13. The number of hydrogen-bond donors (Lipinski definition) is 0. The Morgan fingerprint density at radius 3 is 2.64 bits per heavy atom. The standard InChI is InChI=1S/C14H14ClN5O2/c1-8-11(12(15)18(2)17-8)7-20-13(21)9(5-16)6-19(14(20)22)10-3-4-10/h6,10H,3-4,7H2,1-2H3. The van der Waals surface area contributed by atoms with E-state index in [4.69, 9.17) is 16.9 Å². The van der Waals surface area contributed by atoms with E-state index in [1.165, 1.54) is 15.4 Å². The quantitative estimate of drug-likeness (QED) is 0.843. The zero-order valence-corrected chi connectivity index (χ0v) is 13.0. The lowest BCUT2D eigenvalue weighted by Crippen LogP contribution is -2.41. The third kappa shape index (κ3) is 2.25. The van der Waals surface area contributed by atoms with E-state index in [1.54, 1.807) is 14.0 Å². The molecule has 2 aromatic heterocycles. The number of hydrogen-bond acceptors (Lipinski definition) is 4. The van der Waals surface area contributed by atoms with Gasteiger partial charge < -0.3 is 0 Å². The Balaban J connectivity index is 2.18. The van der Waals surface area contributed by atoms with E-state index in [2.05, 4.69) is 5.10 Å². The van der Waals surface area contributed by atoms with Crippen LogP contribution in [0.3, 0.4) is 0 Å². The number of rotatable bonds is 3. The Morgan fingerprint density at radius 2 is 2.14 bits per heavy atom. The van der Waals surface area contributed by atoms with Crippen molar-refractivity contribution in [1.29, 1.82) is 5.26 Å². The second-order valence-corrected chi connectivity index (χ2v) is 5.80. The van der Waals surface area contributed by atoms with E-state index in [0.717, 1.165) is 17.4 Å². The first kappa shape index (κ1) is 14.6. The largest absolute Gasteiger partial charge is 0.331 e. The van der Waals surface area contributed by atoms with Crippen molar-refractivity contribution in [3.05, 3.63) is 49.0 Å². The van der Waals surface area contributed by atoms with Gasteiger partial charge >= 0.3 is 5.69 Å². The summed E-state index contributed by atoms with van der Waals surface area (Å²) in [6, 6.07) is 1.94. The van der Waals surface area contributed by atoms with Crippen molar-refractivity contribution in [3.63, 3.8) is 0 Å². The van der Waals surface area contributed by atoms with Gasteiger partial charge in [-0.05, 0) is 19.8 Å². The SMILES string of the molecule is Cc1nn(C)c(Cl)c1Cn1c(=O)c(C#N)cn(C2CC2)c1=O. The smallest absolute Gasteiger partial charge is 0.296 e. The molecule has 0 spiro atoms. The number of nitriles is 1. The van der Waals surface area contributed by atoms with Crippen molar-refractivity contribution in [3.8, 4) is 6.07 Å². The molecule has 0 N–H and O–H groups in total. The molecule has 0 atom stereocenters. The predicted molar refractivity (Wildman–Crippen MR) is 80.0 cm³/mol. The molecule has 0 saturated heterocycles. The topological polar surface area (TPSA) is 85.6 Å². The van der Waals surface area contributed by atoms with Crippen LogP contribution < -0.4 is 11.2 Å². The van der Waals surface area contributed by atoms with E-state index < -0.39 is 11.2 Å². The molecule has 0 unspecified atom stereocenters. The second kappa shape index (κ2) is 5.14. The fourth-order valence-electron chi connectivity index (χ4n) is 2.46. The van der Waals surface area contributed by atoms with E-state index in [1.807, 2.05) is 6.07 Å². The maximum absolute atomic E-state index is 12.5. The van der Waals surface area contributed by atoms with Gasteiger partial charge in [0.15, 0.2) is 0 Å². The minimum absolute atomic E-state index is 0.0123. The summed E-state index contributed by atoms with van der Waals surface area (Å²) in [7, 11) is 1.69. The fraction of sp³-hybridized carbons (Fsp3) is 0.429. The first-order valence-corrected chi connectivity index (χ1v) is 7.26. The monoisotopic (exact) mass is 319 g/mol. The lowest BCUT2D eigenvalue weighted by molar-refractivity contribution is 0.587. The molecule has 0 bridgehead atoms. The Morgan fingerprint density at radius 1 is 1.45 bits per heavy atom. The van der Waals surface area contributed by atoms with Gasteiger partial charge in [-0.25, -0.2) is 4.79 Å². The Kier molecular flexibility index (Phi) is 3.41. The minimum Gasteiger partial charge on any atom is -0.296 e. The predicted octanol–water partition coefficient (Wildman–Crippen LogP) is 0.960. The molecule has 8 heteroatoms. The van der Waals surface area contributed by atoms with Gasteiger partial charge in [0.1, 0.15) is 16.8 Å². The van der Waals surface area contributed by atoms with Crippen molar-refractivity contribution in [2.75, 3.05) is 0 Å². The third-order valence-electron chi connectivity index (χ3n) is 3.84. The van der Waals surface area contributed by atoms with Gasteiger partial charge in [0.05, 0.1) is 12.2 Å². The molecule has 1 saturated carbocycles. The summed E-state index contributed by atoms with van der Waals surface area (Å²) in [5.41, 5.74) is 0.221. The average Bonchev–Trinajstić information content (AvgIpc) is 3.27. The highest BCUT2D eigenvalue weighted by Gasteiger charge is 2.27. The van der Waals surface area contributed by atoms with E-state index in [9.17, 15) is 9.59 Å². The third-order valence-corrected chi connectivity index (χ3v) is 4.32. The molecule has 1 fully saturated rings. The van der Waals surface area contributed by atoms with Gasteiger partial charge in [0.2, 0.25) is 0 Å². The lowest BCUT2D eigenvalue weighted by atomic mass is 10.2. The van der Waals surface area contributed by atoms with Crippen molar-refractivity contribution < 1.29 is 0 Å². The van der Waals surface area contributed by atoms with Crippen LogP contribution in [0.5, 0.6) is 0 Å². The van der Waals surface area contributed by atoms with Crippen LogP contribution in [0.2, 0.25) is 5.15 Å². The molecule has 22 heavy (non-hydrogen) atoms. The fourth-order valence-corrected chi connectivity index (χ4v) is 2.70. The highest BCUT2D eigenvalue weighted by atomic mass is 35.5. The minimum atomic E-state index is -0.594. The highest BCUT2D eigenvalue weighted by Crippen LogP contribution is 2.33. The van der Waals surface area contributed by atoms with Crippen LogP contribution in [0, 0.1) is 18.3 Å². The number of aryl methyl sites for hydroxylation is 2. The molecule has 0 aliphatic heterocycles. The molecule has 2 aromatic rings. The summed E-state index contributed by atoms with van der Waals surface area (Å²) in [6.45, 7) is 1.78. The molecule has 3 rings (SSSR count). The molecule has 1 aliphatic carbocycles. The number of nitrogens with zero attached hydrogens (tertiary/aromatic N) is 5. The summed E-state index contributed by atoms with van der Waals surface area (Å²) in [4.78, 5) is 24.8. The van der Waals surface area contributed by atoms with E-state index >= 15 is 0 Å². The first-order chi connectivity index (χ1) is 10.4. The van der Waals surface area contributed by atoms with Gasteiger partial charge in [0, 0.05) is 24.8 Å². The van der Waals surface area contributed by atoms with Crippen LogP contribution in [0.4, 0.5) is 0 Å². The molecule has 0 amide bonds. The Bertz CT molecular complexity index is 911. The zero-order valence-electron chi connectivity index (χ0n) is 12.2. The molecule has 114 valence electrons. The van der Waals surface area contributed by atoms with Crippen LogP contribution in [0.1, 0.15) is 35.7 Å². The first-order valence-electron chi connectivity index (χ1n) is 6.88. The van der Waals surface area contributed by atoms with Crippen LogP contribution in [0.25, 0.3) is 0 Å². The second-order valence-electron chi connectivity index (χ2n) is 5.45. The Hall–Kier alpha value is -2.33. The summed E-state index contributed by atoms with van der Waals surface area (Å²) in [5.74, 6) is 0. The summed E-state index contributed by atoms with van der Waals surface area (Å²) in [5, 5.41) is 13.7. The van der Waals surface area contributed by atoms with Gasteiger partial charge in [-0.3, -0.25) is 18.6 Å². The normalized spacial score (nSPS) is 14.1. The van der Waals surface area contributed by atoms with Crippen LogP contribution in [-0.2, 0) is 13.6 Å². The van der Waals surface area contributed by atoms with Gasteiger partial charge in [-0.1, -0.05) is 11.6 Å². The lowest BCUT2D eigenvalue weighted by Gasteiger charge is -2.10. The maximum Gasteiger partial charge on any atom is 0.331 e. The molecule has 0 radical (unpaired) electrons. The van der Waals surface area contributed by atoms with E-state index in [0.29, 0.717) is 16.4 Å². The molecular weight excluding hydrogens is 306 g/mol. The zero-order chi connectivity index (χ0) is 16.0. The molecular formula is C14H14ClN5O2. The number of aromatic nitrogens is 4. The van der Waals surface area contributed by atoms with E-state index in [-0.39, 0.29) is 18.2 Å². The number of halogens is 1. The molecule has 7 nitrogen and oxygen atoms in total. The van der Waals surface area contributed by atoms with Crippen molar-refractivity contribution in [2.24, 2.45) is 7.05 Å². The summed E-state index contributed by atoms with van der Waals surface area (Å²) < 4.78 is 4.02. The van der Waals surface area contributed by atoms with Crippen molar-refractivity contribution in [2.45, 2.75) is 32.4 Å². The molecule has 2 heterocycles. The van der Waals surface area contributed by atoms with Gasteiger partial charge in [-0.2, -0.15) is 10.4 Å². The average molecular weight is 320 g/mol. The van der Waals surface area contributed by atoms with Gasteiger partial charge in [-0.15, -0.1) is 0 Å². The maximum atomic E-state index is 12.5. The summed E-state index contributed by atoms with van der Waals surface area (Å²) >= 11 is 6.17. The van der Waals surface area contributed by atoms with Crippen molar-refractivity contribution >= 4 is 11.6 Å². The van der Waals surface area contributed by atoms with Gasteiger partial charge in [0.25, 0.3) is 5.56 Å². The van der Waals surface area contributed by atoms with Crippen molar-refractivity contribution in [1.82, 2.24) is 18.9 Å². The molecule has 0 aromatic carbocycles. The van der Waals surface area contributed by atoms with Crippen LogP contribution in [-0.4, -0.2) is 18.9 Å². The van der Waals surface area contributed by atoms with Crippen LogP contribution >= 0.6 is 11.6 Å².